The predicted octanol–water partition coefficient (Wildman–Crippen LogP) is 2.84. The van der Waals surface area contributed by atoms with Crippen molar-refractivity contribution in [1.29, 1.82) is 0 Å². The molecule has 0 aliphatic rings. The Morgan fingerprint density at radius 3 is 2.40 bits per heavy atom. The zero-order valence-corrected chi connectivity index (χ0v) is 17.8. The summed E-state index contributed by atoms with van der Waals surface area (Å²) < 4.78 is 12.6. The summed E-state index contributed by atoms with van der Waals surface area (Å²) in [5.41, 5.74) is 3.41. The summed E-state index contributed by atoms with van der Waals surface area (Å²) in [6.07, 6.45) is 5.42. The lowest BCUT2D eigenvalue weighted by molar-refractivity contribution is 0.398. The van der Waals surface area contributed by atoms with E-state index >= 15 is 0 Å². The van der Waals surface area contributed by atoms with Gasteiger partial charge in [-0.1, -0.05) is 12.1 Å². The highest BCUT2D eigenvalue weighted by molar-refractivity contribution is 5.79. The zero-order chi connectivity index (χ0) is 21.2. The second-order valence-corrected chi connectivity index (χ2v) is 6.72. The van der Waals surface area contributed by atoms with Gasteiger partial charge in [0.15, 0.2) is 5.96 Å². The van der Waals surface area contributed by atoms with Gasteiger partial charge in [0.05, 0.1) is 19.9 Å². The summed E-state index contributed by atoms with van der Waals surface area (Å²) in [5, 5.41) is 11.0. The number of hydrogen-bond donors (Lipinski definition) is 2. The molecule has 1 aromatic heterocycles. The monoisotopic (exact) mass is 407 g/mol. The minimum Gasteiger partial charge on any atom is -0.497 e. The number of methoxy groups -OCH3 is 2. The molecule has 0 amide bonds. The average molecular weight is 408 g/mol. The van der Waals surface area contributed by atoms with Crippen LogP contribution >= 0.6 is 0 Å². The second kappa shape index (κ2) is 10.9. The van der Waals surface area contributed by atoms with Crippen LogP contribution in [0.2, 0.25) is 0 Å². The first-order valence-corrected chi connectivity index (χ1v) is 9.98. The number of hydrogen-bond acceptors (Lipinski definition) is 4. The van der Waals surface area contributed by atoms with Crippen LogP contribution in [0.15, 0.2) is 65.9 Å². The van der Waals surface area contributed by atoms with Crippen molar-refractivity contribution in [3.63, 3.8) is 0 Å². The number of benzene rings is 2. The van der Waals surface area contributed by atoms with E-state index < -0.39 is 0 Å². The third-order valence-corrected chi connectivity index (χ3v) is 4.81. The Hall–Kier alpha value is -3.48. The van der Waals surface area contributed by atoms with E-state index in [-0.39, 0.29) is 0 Å². The highest BCUT2D eigenvalue weighted by Gasteiger charge is 2.06. The maximum Gasteiger partial charge on any atom is 0.190 e. The highest BCUT2D eigenvalue weighted by Crippen LogP contribution is 2.24. The van der Waals surface area contributed by atoms with Gasteiger partial charge in [0.2, 0.25) is 0 Å². The molecule has 158 valence electrons. The molecule has 7 nitrogen and oxygen atoms in total. The van der Waals surface area contributed by atoms with Crippen LogP contribution in [0.1, 0.15) is 11.1 Å². The molecular formula is C23H29N5O2. The normalized spacial score (nSPS) is 11.2. The van der Waals surface area contributed by atoms with Crippen molar-refractivity contribution in [2.75, 3.05) is 34.4 Å². The fraction of sp³-hybridized carbons (Fsp3) is 0.304. The van der Waals surface area contributed by atoms with Crippen molar-refractivity contribution in [1.82, 2.24) is 20.4 Å². The van der Waals surface area contributed by atoms with Crippen molar-refractivity contribution in [3.05, 3.63) is 72.1 Å². The van der Waals surface area contributed by atoms with Gasteiger partial charge in [0.1, 0.15) is 11.5 Å². The number of nitrogens with zero attached hydrogens (tertiary/aromatic N) is 3. The molecule has 0 spiro atoms. The topological polar surface area (TPSA) is 72.7 Å². The second-order valence-electron chi connectivity index (χ2n) is 6.72. The molecule has 0 atom stereocenters. The first-order chi connectivity index (χ1) is 14.7. The highest BCUT2D eigenvalue weighted by atomic mass is 16.5. The van der Waals surface area contributed by atoms with E-state index in [1.54, 1.807) is 27.5 Å². The average Bonchev–Trinajstić information content (AvgIpc) is 3.33. The van der Waals surface area contributed by atoms with Gasteiger partial charge < -0.3 is 20.1 Å². The minimum atomic E-state index is 0.738. The molecule has 0 radical (unpaired) electrons. The smallest absolute Gasteiger partial charge is 0.190 e. The number of guanidine groups is 1. The number of ether oxygens (including phenoxy) is 2. The van der Waals surface area contributed by atoms with E-state index in [1.807, 2.05) is 35.1 Å². The van der Waals surface area contributed by atoms with Crippen LogP contribution in [0, 0.1) is 0 Å². The molecule has 0 aliphatic heterocycles. The molecule has 0 saturated carbocycles. The van der Waals surface area contributed by atoms with E-state index in [4.69, 9.17) is 9.47 Å². The Morgan fingerprint density at radius 1 is 1.00 bits per heavy atom. The summed E-state index contributed by atoms with van der Waals surface area (Å²) >= 11 is 0. The maximum absolute atomic E-state index is 5.44. The van der Waals surface area contributed by atoms with Crippen LogP contribution in [0.25, 0.3) is 5.69 Å². The van der Waals surface area contributed by atoms with Crippen molar-refractivity contribution in [2.24, 2.45) is 4.99 Å². The zero-order valence-electron chi connectivity index (χ0n) is 17.8. The summed E-state index contributed by atoms with van der Waals surface area (Å²) in [6.45, 7) is 1.53. The van der Waals surface area contributed by atoms with E-state index in [0.29, 0.717) is 0 Å². The van der Waals surface area contributed by atoms with Crippen molar-refractivity contribution in [3.8, 4) is 17.2 Å². The summed E-state index contributed by atoms with van der Waals surface area (Å²) in [5.74, 6) is 2.47. The molecule has 30 heavy (non-hydrogen) atoms. The third kappa shape index (κ3) is 5.76. The van der Waals surface area contributed by atoms with Crippen molar-refractivity contribution >= 4 is 5.96 Å². The molecule has 0 unspecified atom stereocenters. The SMILES string of the molecule is CN=C(NCCc1ccc(-n2cccn2)cc1)NCCc1cc(OC)ccc1OC. The van der Waals surface area contributed by atoms with Gasteiger partial charge in [-0.2, -0.15) is 5.10 Å². The molecule has 2 aromatic carbocycles. The lowest BCUT2D eigenvalue weighted by Crippen LogP contribution is -2.39. The molecule has 0 bridgehead atoms. The van der Waals surface area contributed by atoms with Crippen LogP contribution in [0.4, 0.5) is 0 Å². The van der Waals surface area contributed by atoms with Crippen molar-refractivity contribution < 1.29 is 9.47 Å². The van der Waals surface area contributed by atoms with Gasteiger partial charge in [0, 0.05) is 32.5 Å². The minimum absolute atomic E-state index is 0.738. The Bertz CT molecular complexity index is 937. The van der Waals surface area contributed by atoms with Crippen LogP contribution in [-0.2, 0) is 12.8 Å². The van der Waals surface area contributed by atoms with Crippen LogP contribution < -0.4 is 20.1 Å². The Labute approximate surface area is 177 Å². The van der Waals surface area contributed by atoms with E-state index in [0.717, 1.165) is 54.6 Å². The Morgan fingerprint density at radius 2 is 1.77 bits per heavy atom. The molecule has 1 heterocycles. The number of nitrogens with one attached hydrogen (secondary N) is 2. The fourth-order valence-corrected chi connectivity index (χ4v) is 3.18. The van der Waals surface area contributed by atoms with Crippen LogP contribution in [-0.4, -0.2) is 50.1 Å². The molecule has 2 N–H and O–H groups in total. The van der Waals surface area contributed by atoms with Crippen molar-refractivity contribution in [2.45, 2.75) is 12.8 Å². The lowest BCUT2D eigenvalue weighted by Gasteiger charge is -2.14. The fourth-order valence-electron chi connectivity index (χ4n) is 3.18. The van der Waals surface area contributed by atoms with E-state index in [9.17, 15) is 0 Å². The Balaban J connectivity index is 1.44. The molecule has 7 heteroatoms. The molecule has 3 rings (SSSR count). The van der Waals surface area contributed by atoms with Gasteiger partial charge >= 0.3 is 0 Å². The Kier molecular flexibility index (Phi) is 7.71. The number of aliphatic imine (C=N–C) groups is 1. The molecule has 0 saturated heterocycles. The first kappa shape index (κ1) is 21.2. The number of rotatable bonds is 9. The largest absolute Gasteiger partial charge is 0.497 e. The summed E-state index contributed by atoms with van der Waals surface area (Å²) in [4.78, 5) is 4.30. The first-order valence-electron chi connectivity index (χ1n) is 9.98. The predicted molar refractivity (Wildman–Crippen MR) is 120 cm³/mol. The standard InChI is InChI=1S/C23H29N5O2/c1-24-23(26-15-12-19-17-21(29-2)9-10-22(19)30-3)25-14-11-18-5-7-20(8-6-18)28-16-4-13-27-28/h4-10,13,16-17H,11-12,14-15H2,1-3H3,(H2,24,25,26). The lowest BCUT2D eigenvalue weighted by atomic mass is 10.1. The summed E-state index contributed by atoms with van der Waals surface area (Å²) in [7, 11) is 5.13. The third-order valence-electron chi connectivity index (χ3n) is 4.81. The molecule has 0 aliphatic carbocycles. The maximum atomic E-state index is 5.44. The van der Waals surface area contributed by atoms with Crippen LogP contribution in [0.5, 0.6) is 11.5 Å². The summed E-state index contributed by atoms with van der Waals surface area (Å²) in [6, 6.07) is 16.2. The molecule has 0 fully saturated rings. The van der Waals surface area contributed by atoms with E-state index in [1.165, 1.54) is 5.56 Å². The molecular weight excluding hydrogens is 378 g/mol. The van der Waals surface area contributed by atoms with Gasteiger partial charge in [-0.25, -0.2) is 4.68 Å². The van der Waals surface area contributed by atoms with Gasteiger partial charge in [-0.15, -0.1) is 0 Å². The van der Waals surface area contributed by atoms with Gasteiger partial charge in [-0.3, -0.25) is 4.99 Å². The van der Waals surface area contributed by atoms with Gasteiger partial charge in [0.25, 0.3) is 0 Å². The molecule has 3 aromatic rings. The number of aromatic nitrogens is 2. The quantitative estimate of drug-likeness (QED) is 0.422. The van der Waals surface area contributed by atoms with Gasteiger partial charge in [-0.05, 0) is 60.4 Å². The van der Waals surface area contributed by atoms with Crippen LogP contribution in [0.3, 0.4) is 0 Å². The van der Waals surface area contributed by atoms with E-state index in [2.05, 4.69) is 45.0 Å².